The lowest BCUT2D eigenvalue weighted by molar-refractivity contribution is 0.589. The fourth-order valence-electron chi connectivity index (χ4n) is 3.72. The highest BCUT2D eigenvalue weighted by Crippen LogP contribution is 2.33. The number of hydrogen-bond acceptors (Lipinski definition) is 2. The van der Waals surface area contributed by atoms with E-state index in [9.17, 15) is 0 Å². The van der Waals surface area contributed by atoms with E-state index in [2.05, 4.69) is 106 Å². The van der Waals surface area contributed by atoms with Crippen molar-refractivity contribution in [2.24, 2.45) is 0 Å². The molecule has 4 aromatic rings. The molecule has 2 nitrogen and oxygen atoms in total. The molecular formula is C26H28N2S. The lowest BCUT2D eigenvalue weighted by atomic mass is 9.84. The molecule has 29 heavy (non-hydrogen) atoms. The van der Waals surface area contributed by atoms with Gasteiger partial charge in [-0.05, 0) is 65.8 Å². The monoisotopic (exact) mass is 400 g/mol. The fourth-order valence-corrected chi connectivity index (χ4v) is 4.94. The van der Waals surface area contributed by atoms with E-state index < -0.39 is 0 Å². The van der Waals surface area contributed by atoms with Crippen LogP contribution in [0.4, 0.5) is 0 Å². The molecule has 1 heterocycles. The molecule has 0 amide bonds. The molecule has 0 bridgehead atoms. The number of thioether (sulfide) groups is 1. The summed E-state index contributed by atoms with van der Waals surface area (Å²) in [6.07, 6.45) is 0. The summed E-state index contributed by atoms with van der Waals surface area (Å²) in [5, 5.41) is 1.04. The minimum Gasteiger partial charge on any atom is -0.287 e. The normalized spacial score (nSPS) is 11.9. The zero-order valence-corrected chi connectivity index (χ0v) is 18.7. The number of nitrogens with zero attached hydrogens (tertiary/aromatic N) is 2. The third-order valence-electron chi connectivity index (χ3n) is 5.45. The van der Waals surface area contributed by atoms with Crippen LogP contribution in [0, 0.1) is 13.8 Å². The first kappa shape index (κ1) is 19.8. The highest BCUT2D eigenvalue weighted by molar-refractivity contribution is 7.98. The van der Waals surface area contributed by atoms with Crippen LogP contribution >= 0.6 is 11.8 Å². The topological polar surface area (TPSA) is 17.8 Å². The number of aromatic nitrogens is 2. The second-order valence-corrected chi connectivity index (χ2v) is 9.62. The van der Waals surface area contributed by atoms with Gasteiger partial charge in [-0.3, -0.25) is 4.57 Å². The van der Waals surface area contributed by atoms with E-state index in [1.165, 1.54) is 22.3 Å². The summed E-state index contributed by atoms with van der Waals surface area (Å²) >= 11 is 1.81. The van der Waals surface area contributed by atoms with Crippen LogP contribution in [0.25, 0.3) is 16.7 Å². The highest BCUT2D eigenvalue weighted by atomic mass is 32.2. The summed E-state index contributed by atoms with van der Waals surface area (Å²) in [5.41, 5.74) is 9.05. The molecule has 3 heteroatoms. The Morgan fingerprint density at radius 2 is 1.48 bits per heavy atom. The van der Waals surface area contributed by atoms with Crippen molar-refractivity contribution in [3.05, 3.63) is 89.0 Å². The van der Waals surface area contributed by atoms with Crippen molar-refractivity contribution in [3.63, 3.8) is 0 Å². The van der Waals surface area contributed by atoms with Crippen molar-refractivity contribution < 1.29 is 0 Å². The van der Waals surface area contributed by atoms with Gasteiger partial charge in [0.1, 0.15) is 0 Å². The van der Waals surface area contributed by atoms with Crippen molar-refractivity contribution in [2.75, 3.05) is 0 Å². The third kappa shape index (κ3) is 3.97. The Labute approximate surface area is 178 Å². The van der Waals surface area contributed by atoms with Gasteiger partial charge in [-0.15, -0.1) is 0 Å². The first-order valence-corrected chi connectivity index (χ1v) is 11.1. The van der Waals surface area contributed by atoms with E-state index in [0.29, 0.717) is 0 Å². The van der Waals surface area contributed by atoms with Gasteiger partial charge in [0.2, 0.25) is 0 Å². The Morgan fingerprint density at radius 1 is 0.862 bits per heavy atom. The Bertz CT molecular complexity index is 1130. The minimum absolute atomic E-state index is 0.169. The SMILES string of the molecule is Cc1cc(C(C)(C)C)cc(C)c1CSc1nc2ccccc2n1-c1ccccc1. The molecule has 0 aliphatic carbocycles. The van der Waals surface area contributed by atoms with Gasteiger partial charge < -0.3 is 0 Å². The summed E-state index contributed by atoms with van der Waals surface area (Å²) in [6, 6.07) is 23.6. The lowest BCUT2D eigenvalue weighted by Gasteiger charge is -2.22. The summed E-state index contributed by atoms with van der Waals surface area (Å²) in [7, 11) is 0. The summed E-state index contributed by atoms with van der Waals surface area (Å²) in [5.74, 6) is 0.915. The van der Waals surface area contributed by atoms with Gasteiger partial charge in [0, 0.05) is 11.4 Å². The van der Waals surface area contributed by atoms with Crippen LogP contribution in [0.1, 0.15) is 43.0 Å². The molecule has 0 radical (unpaired) electrons. The molecule has 148 valence electrons. The standard InChI is InChI=1S/C26H28N2S/c1-18-15-20(26(3,4)5)16-19(2)22(18)17-29-25-27-23-13-9-10-14-24(23)28(25)21-11-7-6-8-12-21/h6-16H,17H2,1-5H3. The average molecular weight is 401 g/mol. The minimum atomic E-state index is 0.169. The van der Waals surface area contributed by atoms with Crippen LogP contribution in [-0.4, -0.2) is 9.55 Å². The smallest absolute Gasteiger partial charge is 0.174 e. The number of imidazole rings is 1. The number of benzene rings is 3. The van der Waals surface area contributed by atoms with E-state index >= 15 is 0 Å². The van der Waals surface area contributed by atoms with Gasteiger partial charge in [-0.2, -0.15) is 0 Å². The van der Waals surface area contributed by atoms with Gasteiger partial charge in [-0.25, -0.2) is 4.98 Å². The van der Waals surface area contributed by atoms with Crippen molar-refractivity contribution in [1.82, 2.24) is 9.55 Å². The van der Waals surface area contributed by atoms with Gasteiger partial charge in [0.25, 0.3) is 0 Å². The second-order valence-electron chi connectivity index (χ2n) is 8.68. The molecule has 0 spiro atoms. The number of para-hydroxylation sites is 3. The zero-order chi connectivity index (χ0) is 20.6. The van der Waals surface area contributed by atoms with Crippen LogP contribution in [0.2, 0.25) is 0 Å². The fraction of sp³-hybridized carbons (Fsp3) is 0.269. The Balaban J connectivity index is 1.71. The Morgan fingerprint density at radius 3 is 2.14 bits per heavy atom. The van der Waals surface area contributed by atoms with E-state index in [0.717, 1.165) is 27.6 Å². The molecule has 0 fully saturated rings. The number of hydrogen-bond donors (Lipinski definition) is 0. The maximum Gasteiger partial charge on any atom is 0.174 e. The highest BCUT2D eigenvalue weighted by Gasteiger charge is 2.18. The first-order chi connectivity index (χ1) is 13.8. The van der Waals surface area contributed by atoms with E-state index in [1.807, 2.05) is 11.8 Å². The summed E-state index contributed by atoms with van der Waals surface area (Å²) in [4.78, 5) is 4.95. The van der Waals surface area contributed by atoms with Gasteiger partial charge in [-0.1, -0.05) is 75.0 Å². The van der Waals surface area contributed by atoms with Crippen molar-refractivity contribution in [1.29, 1.82) is 0 Å². The molecule has 0 aliphatic rings. The van der Waals surface area contributed by atoms with Gasteiger partial charge in [0.15, 0.2) is 5.16 Å². The average Bonchev–Trinajstić information content (AvgIpc) is 3.05. The molecular weight excluding hydrogens is 372 g/mol. The van der Waals surface area contributed by atoms with E-state index in [-0.39, 0.29) is 5.41 Å². The number of aryl methyl sites for hydroxylation is 2. The van der Waals surface area contributed by atoms with Crippen LogP contribution in [0.5, 0.6) is 0 Å². The quantitative estimate of drug-likeness (QED) is 0.336. The predicted octanol–water partition coefficient (Wildman–Crippen LogP) is 7.23. The number of rotatable bonds is 4. The van der Waals surface area contributed by atoms with Crippen LogP contribution in [0.3, 0.4) is 0 Å². The predicted molar refractivity (Wildman–Crippen MR) is 125 cm³/mol. The molecule has 3 aromatic carbocycles. The molecule has 0 saturated carbocycles. The molecule has 0 unspecified atom stereocenters. The zero-order valence-electron chi connectivity index (χ0n) is 17.9. The lowest BCUT2D eigenvalue weighted by Crippen LogP contribution is -2.12. The first-order valence-electron chi connectivity index (χ1n) is 10.1. The molecule has 0 atom stereocenters. The van der Waals surface area contributed by atoms with Crippen molar-refractivity contribution in [3.8, 4) is 5.69 Å². The van der Waals surface area contributed by atoms with E-state index in [1.54, 1.807) is 0 Å². The van der Waals surface area contributed by atoms with Crippen molar-refractivity contribution in [2.45, 2.75) is 50.9 Å². The molecule has 0 saturated heterocycles. The van der Waals surface area contributed by atoms with Crippen molar-refractivity contribution >= 4 is 22.8 Å². The largest absolute Gasteiger partial charge is 0.287 e. The van der Waals surface area contributed by atoms with Crippen LogP contribution < -0.4 is 0 Å². The maximum absolute atomic E-state index is 4.95. The summed E-state index contributed by atoms with van der Waals surface area (Å²) < 4.78 is 2.27. The molecule has 1 aromatic heterocycles. The number of fused-ring (bicyclic) bond motifs is 1. The van der Waals surface area contributed by atoms with Gasteiger partial charge in [0.05, 0.1) is 11.0 Å². The Kier molecular flexibility index (Phi) is 5.26. The van der Waals surface area contributed by atoms with E-state index in [4.69, 9.17) is 4.98 Å². The maximum atomic E-state index is 4.95. The summed E-state index contributed by atoms with van der Waals surface area (Å²) in [6.45, 7) is 11.3. The van der Waals surface area contributed by atoms with Crippen LogP contribution in [-0.2, 0) is 11.2 Å². The molecule has 0 N–H and O–H groups in total. The van der Waals surface area contributed by atoms with Crippen LogP contribution in [0.15, 0.2) is 71.9 Å². The molecule has 4 rings (SSSR count). The third-order valence-corrected chi connectivity index (χ3v) is 6.42. The Hall–Kier alpha value is -2.52. The molecule has 0 aliphatic heterocycles. The van der Waals surface area contributed by atoms with Gasteiger partial charge >= 0.3 is 0 Å². The second kappa shape index (κ2) is 7.72.